The zero-order valence-electron chi connectivity index (χ0n) is 14.8. The average Bonchev–Trinajstić information content (AvgIpc) is 2.91. The summed E-state index contributed by atoms with van der Waals surface area (Å²) in [4.78, 5) is 23.7. The highest BCUT2D eigenvalue weighted by Crippen LogP contribution is 2.63. The van der Waals surface area contributed by atoms with Gasteiger partial charge >= 0.3 is 5.97 Å². The van der Waals surface area contributed by atoms with Crippen molar-refractivity contribution in [3.63, 3.8) is 0 Å². The molecular weight excluding hydrogens is 323 g/mol. The fraction of sp³-hybridized carbons (Fsp3) is 0.526. The molecule has 5 nitrogen and oxygen atoms in total. The van der Waals surface area contributed by atoms with E-state index in [9.17, 15) is 14.0 Å². The highest BCUT2D eigenvalue weighted by molar-refractivity contribution is 5.95. The highest BCUT2D eigenvalue weighted by atomic mass is 19.1. The van der Waals surface area contributed by atoms with Crippen molar-refractivity contribution >= 4 is 17.6 Å². The van der Waals surface area contributed by atoms with E-state index in [4.69, 9.17) is 4.74 Å². The molecule has 1 aromatic carbocycles. The zero-order chi connectivity index (χ0) is 18.2. The molecule has 6 heteroatoms. The van der Waals surface area contributed by atoms with Gasteiger partial charge in [0.25, 0.3) is 5.91 Å². The number of esters is 1. The summed E-state index contributed by atoms with van der Waals surface area (Å²) < 4.78 is 18.3. The van der Waals surface area contributed by atoms with Gasteiger partial charge in [0.2, 0.25) is 0 Å². The van der Waals surface area contributed by atoms with Crippen molar-refractivity contribution in [1.29, 1.82) is 0 Å². The molecule has 0 spiro atoms. The van der Waals surface area contributed by atoms with Gasteiger partial charge in [0, 0.05) is 11.1 Å². The maximum atomic E-state index is 13.5. The fourth-order valence-electron chi connectivity index (χ4n) is 4.10. The van der Waals surface area contributed by atoms with Crippen LogP contribution in [-0.4, -0.2) is 24.2 Å². The van der Waals surface area contributed by atoms with E-state index >= 15 is 0 Å². The van der Waals surface area contributed by atoms with E-state index in [2.05, 4.69) is 31.3 Å². The molecule has 25 heavy (non-hydrogen) atoms. The van der Waals surface area contributed by atoms with Gasteiger partial charge in [0.15, 0.2) is 6.61 Å². The van der Waals surface area contributed by atoms with Crippen LogP contribution in [0.15, 0.2) is 29.4 Å². The first kappa shape index (κ1) is 17.6. The predicted octanol–water partition coefficient (Wildman–Crippen LogP) is 3.30. The second-order valence-electron chi connectivity index (χ2n) is 7.64. The van der Waals surface area contributed by atoms with Crippen LogP contribution in [-0.2, 0) is 9.53 Å². The number of nitrogens with zero attached hydrogens (tertiary/aromatic N) is 1. The van der Waals surface area contributed by atoms with Crippen molar-refractivity contribution in [2.45, 2.75) is 40.0 Å². The van der Waals surface area contributed by atoms with Crippen LogP contribution in [0.5, 0.6) is 0 Å². The summed E-state index contributed by atoms with van der Waals surface area (Å²) in [6, 6.07) is 5.49. The maximum absolute atomic E-state index is 13.5. The Balaban J connectivity index is 1.56. The number of rotatable bonds is 4. The smallest absolute Gasteiger partial charge is 0.341 e. The summed E-state index contributed by atoms with van der Waals surface area (Å²) in [6.45, 7) is 6.22. The van der Waals surface area contributed by atoms with Crippen LogP contribution in [0.25, 0.3) is 0 Å². The first-order valence-electron chi connectivity index (χ1n) is 8.53. The summed E-state index contributed by atoms with van der Waals surface area (Å²) in [5.41, 5.74) is 3.45. The summed E-state index contributed by atoms with van der Waals surface area (Å²) in [6.07, 6.45) is 3.15. The Morgan fingerprint density at radius 2 is 2.04 bits per heavy atom. The Bertz CT molecular complexity index is 744. The van der Waals surface area contributed by atoms with E-state index in [0.717, 1.165) is 18.6 Å². The molecule has 2 bridgehead atoms. The molecule has 0 aromatic heterocycles. The molecule has 3 rings (SSSR count). The minimum absolute atomic E-state index is 0.00517. The molecule has 1 N–H and O–H groups in total. The summed E-state index contributed by atoms with van der Waals surface area (Å²) >= 11 is 0. The molecule has 2 fully saturated rings. The van der Waals surface area contributed by atoms with Crippen LogP contribution in [0.1, 0.15) is 50.4 Å². The molecule has 2 unspecified atom stereocenters. The number of nitrogens with one attached hydrogen (secondary N) is 1. The van der Waals surface area contributed by atoms with E-state index in [1.807, 2.05) is 0 Å². The van der Waals surface area contributed by atoms with Crippen LogP contribution in [0, 0.1) is 22.6 Å². The lowest BCUT2D eigenvalue weighted by Gasteiger charge is -2.34. The number of carbonyl (C=O) groups excluding carboxylic acids is 2. The Labute approximate surface area is 146 Å². The number of amides is 1. The Morgan fingerprint density at radius 1 is 1.32 bits per heavy atom. The largest absolute Gasteiger partial charge is 0.452 e. The van der Waals surface area contributed by atoms with Crippen molar-refractivity contribution in [2.24, 2.45) is 21.8 Å². The number of carbonyl (C=O) groups is 2. The van der Waals surface area contributed by atoms with Crippen LogP contribution in [0.2, 0.25) is 0 Å². The molecule has 0 aliphatic heterocycles. The number of ether oxygens (including phenoxy) is 1. The van der Waals surface area contributed by atoms with Crippen molar-refractivity contribution in [1.82, 2.24) is 5.43 Å². The third kappa shape index (κ3) is 2.94. The lowest BCUT2D eigenvalue weighted by atomic mass is 9.70. The quantitative estimate of drug-likeness (QED) is 0.672. The van der Waals surface area contributed by atoms with Crippen molar-refractivity contribution in [2.75, 3.05) is 6.61 Å². The van der Waals surface area contributed by atoms with Gasteiger partial charge in [-0.3, -0.25) is 4.79 Å². The molecule has 0 radical (unpaired) electrons. The van der Waals surface area contributed by atoms with Crippen LogP contribution in [0.3, 0.4) is 0 Å². The minimum Gasteiger partial charge on any atom is -0.452 e. The van der Waals surface area contributed by atoms with E-state index in [1.165, 1.54) is 30.7 Å². The standard InChI is InChI=1S/C19H23FN2O3/c1-18(2)12-8-9-19(18,3)15(10-12)21-22-16(23)11-25-17(24)13-6-4-5-7-14(13)20/h4-7,12H,8-11H2,1-3H3,(H,22,23)/b21-15+. The van der Waals surface area contributed by atoms with Gasteiger partial charge in [-0.25, -0.2) is 14.6 Å². The normalized spacial score (nSPS) is 28.2. The first-order valence-corrected chi connectivity index (χ1v) is 8.53. The monoisotopic (exact) mass is 346 g/mol. The van der Waals surface area contributed by atoms with E-state index in [1.54, 1.807) is 0 Å². The molecule has 0 saturated heterocycles. The lowest BCUT2D eigenvalue weighted by molar-refractivity contribution is -0.124. The number of hydrogen-bond donors (Lipinski definition) is 1. The van der Waals surface area contributed by atoms with Gasteiger partial charge in [0.05, 0.1) is 5.56 Å². The van der Waals surface area contributed by atoms with Gasteiger partial charge < -0.3 is 4.74 Å². The molecule has 2 aliphatic rings. The van der Waals surface area contributed by atoms with Gasteiger partial charge in [0.1, 0.15) is 5.82 Å². The van der Waals surface area contributed by atoms with Gasteiger partial charge in [-0.1, -0.05) is 32.9 Å². The van der Waals surface area contributed by atoms with Gasteiger partial charge in [-0.05, 0) is 42.7 Å². The first-order chi connectivity index (χ1) is 11.8. The molecule has 2 atom stereocenters. The molecule has 1 amide bonds. The third-order valence-electron chi connectivity index (χ3n) is 6.26. The van der Waals surface area contributed by atoms with Crippen LogP contribution < -0.4 is 5.43 Å². The van der Waals surface area contributed by atoms with Crippen molar-refractivity contribution < 1.29 is 18.7 Å². The Hall–Kier alpha value is -2.24. The van der Waals surface area contributed by atoms with E-state index in [-0.39, 0.29) is 16.4 Å². The van der Waals surface area contributed by atoms with E-state index in [0.29, 0.717) is 5.92 Å². The number of hydrazone groups is 1. The molecular formula is C19H23FN2O3. The van der Waals surface area contributed by atoms with Crippen molar-refractivity contribution in [3.05, 3.63) is 35.6 Å². The third-order valence-corrected chi connectivity index (χ3v) is 6.26. The maximum Gasteiger partial charge on any atom is 0.341 e. The number of benzene rings is 1. The molecule has 134 valence electrons. The van der Waals surface area contributed by atoms with Gasteiger partial charge in [-0.2, -0.15) is 5.10 Å². The van der Waals surface area contributed by atoms with E-state index < -0.39 is 24.3 Å². The molecule has 1 aromatic rings. The second kappa shape index (κ2) is 6.24. The zero-order valence-corrected chi connectivity index (χ0v) is 14.8. The minimum atomic E-state index is -0.867. The Morgan fingerprint density at radius 3 is 2.64 bits per heavy atom. The summed E-state index contributed by atoms with van der Waals surface area (Å²) in [7, 11) is 0. The van der Waals surface area contributed by atoms with Gasteiger partial charge in [-0.15, -0.1) is 0 Å². The number of fused-ring (bicyclic) bond motifs is 2. The summed E-state index contributed by atoms with van der Waals surface area (Å²) in [5.74, 6) is -1.48. The fourth-order valence-corrected chi connectivity index (χ4v) is 4.10. The van der Waals surface area contributed by atoms with Crippen molar-refractivity contribution in [3.8, 4) is 0 Å². The molecule has 0 heterocycles. The number of halogens is 1. The lowest BCUT2D eigenvalue weighted by Crippen LogP contribution is -2.35. The highest BCUT2D eigenvalue weighted by Gasteiger charge is 2.60. The van der Waals surface area contributed by atoms with Crippen LogP contribution >= 0.6 is 0 Å². The second-order valence-corrected chi connectivity index (χ2v) is 7.64. The average molecular weight is 346 g/mol. The topological polar surface area (TPSA) is 67.8 Å². The number of hydrogen-bond acceptors (Lipinski definition) is 4. The molecule has 2 aliphatic carbocycles. The van der Waals surface area contributed by atoms with Crippen LogP contribution in [0.4, 0.5) is 4.39 Å². The SMILES string of the molecule is CC12CCC(C/C1=N\NC(=O)COC(=O)c1ccccc1F)C2(C)C. The molecule has 2 saturated carbocycles. The predicted molar refractivity (Wildman–Crippen MR) is 91.5 cm³/mol. The summed E-state index contributed by atoms with van der Waals surface area (Å²) in [5, 5.41) is 4.29. The Kier molecular flexibility index (Phi) is 4.39.